The molecule has 3 N–H and O–H groups in total. The topological polar surface area (TPSA) is 99.5 Å². The minimum Gasteiger partial charge on any atom is -0.494 e. The van der Waals surface area contributed by atoms with Gasteiger partial charge < -0.3 is 5.11 Å². The summed E-state index contributed by atoms with van der Waals surface area (Å²) in [5.41, 5.74) is 3.58. The largest absolute Gasteiger partial charge is 0.494 e. The highest BCUT2D eigenvalue weighted by Crippen LogP contribution is 2.23. The van der Waals surface area contributed by atoms with E-state index in [2.05, 4.69) is 15.5 Å². The summed E-state index contributed by atoms with van der Waals surface area (Å²) in [5.74, 6) is -0.405. The maximum atomic E-state index is 12.6. The zero-order valence-electron chi connectivity index (χ0n) is 17.0. The average Bonchev–Trinajstić information content (AvgIpc) is 2.79. The molecule has 0 spiro atoms. The van der Waals surface area contributed by atoms with E-state index < -0.39 is 17.1 Å². The third-order valence-corrected chi connectivity index (χ3v) is 5.08. The van der Waals surface area contributed by atoms with Gasteiger partial charge >= 0.3 is 5.69 Å². The van der Waals surface area contributed by atoms with E-state index >= 15 is 0 Å². The molecule has 1 aromatic heterocycles. The van der Waals surface area contributed by atoms with Crippen LogP contribution in [0.5, 0.6) is 5.88 Å². The zero-order chi connectivity index (χ0) is 21.8. The van der Waals surface area contributed by atoms with Gasteiger partial charge in [0.05, 0.1) is 17.9 Å². The quantitative estimate of drug-likeness (QED) is 0.331. The Kier molecular flexibility index (Phi) is 5.66. The van der Waals surface area contributed by atoms with Gasteiger partial charge in [0.1, 0.15) is 5.56 Å². The monoisotopic (exact) mass is 414 g/mol. The number of benzene rings is 3. The molecule has 4 aromatic rings. The van der Waals surface area contributed by atoms with Crippen molar-refractivity contribution in [2.75, 3.05) is 5.43 Å². The molecule has 0 bridgehead atoms. The highest BCUT2D eigenvalue weighted by Gasteiger charge is 2.19. The lowest BCUT2D eigenvalue weighted by atomic mass is 10.1. The molecular weight excluding hydrogens is 392 g/mol. The van der Waals surface area contributed by atoms with Gasteiger partial charge in [-0.15, -0.1) is 0 Å². The van der Waals surface area contributed by atoms with Crippen LogP contribution in [0.15, 0.2) is 87.5 Å². The van der Waals surface area contributed by atoms with Crippen LogP contribution in [0.4, 0.5) is 5.69 Å². The molecule has 0 aliphatic rings. The van der Waals surface area contributed by atoms with Crippen LogP contribution < -0.4 is 16.7 Å². The number of aromatic hydroxyl groups is 1. The van der Waals surface area contributed by atoms with Crippen molar-refractivity contribution in [3.05, 3.63) is 105 Å². The van der Waals surface area contributed by atoms with E-state index in [1.807, 2.05) is 79.7 Å². The Hall–Kier alpha value is -4.13. The highest BCUT2D eigenvalue weighted by molar-refractivity contribution is 6.03. The fraction of sp³-hybridized carbons (Fsp3) is 0.125. The van der Waals surface area contributed by atoms with Crippen molar-refractivity contribution in [3.63, 3.8) is 0 Å². The lowest BCUT2D eigenvalue weighted by Gasteiger charge is -2.13. The first-order valence-corrected chi connectivity index (χ1v) is 9.99. The summed E-state index contributed by atoms with van der Waals surface area (Å²) in [6.45, 7) is 1.96. The third kappa shape index (κ3) is 4.11. The van der Waals surface area contributed by atoms with Crippen molar-refractivity contribution in [1.29, 1.82) is 0 Å². The lowest BCUT2D eigenvalue weighted by molar-refractivity contribution is 0.408. The maximum absolute atomic E-state index is 12.6. The van der Waals surface area contributed by atoms with Crippen LogP contribution in [-0.2, 0) is 6.54 Å². The minimum atomic E-state index is -0.674. The summed E-state index contributed by atoms with van der Waals surface area (Å²) in [5, 5.41) is 17.3. The Labute approximate surface area is 178 Å². The van der Waals surface area contributed by atoms with Crippen molar-refractivity contribution in [2.45, 2.75) is 19.9 Å². The molecule has 4 rings (SSSR count). The zero-order valence-corrected chi connectivity index (χ0v) is 17.0. The van der Waals surface area contributed by atoms with Crippen LogP contribution in [0.1, 0.15) is 24.5 Å². The Morgan fingerprint density at radius 2 is 1.71 bits per heavy atom. The number of hydrogen-bond donors (Lipinski definition) is 3. The number of fused-ring (bicyclic) bond motifs is 1. The molecule has 0 fully saturated rings. The van der Waals surface area contributed by atoms with Crippen molar-refractivity contribution < 1.29 is 5.11 Å². The van der Waals surface area contributed by atoms with E-state index in [0.717, 1.165) is 26.6 Å². The molecule has 0 aliphatic carbocycles. The van der Waals surface area contributed by atoms with Gasteiger partial charge in [0.2, 0.25) is 5.88 Å². The third-order valence-electron chi connectivity index (χ3n) is 5.08. The first kappa shape index (κ1) is 20.2. The number of hydrogen-bond acceptors (Lipinski definition) is 5. The molecule has 0 saturated heterocycles. The van der Waals surface area contributed by atoms with E-state index in [0.29, 0.717) is 12.1 Å². The molecular formula is C24H22N4O3. The molecule has 156 valence electrons. The number of aromatic amines is 1. The van der Waals surface area contributed by atoms with Gasteiger partial charge in [0, 0.05) is 5.39 Å². The lowest BCUT2D eigenvalue weighted by Crippen LogP contribution is -2.34. The Bertz CT molecular complexity index is 1370. The Balaban J connectivity index is 1.75. The molecule has 0 aliphatic heterocycles. The number of nitrogens with zero attached hydrogens (tertiary/aromatic N) is 2. The number of anilines is 1. The molecule has 0 saturated carbocycles. The molecule has 1 heterocycles. The maximum Gasteiger partial charge on any atom is 0.331 e. The predicted octanol–water partition coefficient (Wildman–Crippen LogP) is 3.67. The van der Waals surface area contributed by atoms with Gasteiger partial charge in [0.25, 0.3) is 5.56 Å². The van der Waals surface area contributed by atoms with Crippen LogP contribution in [-0.4, -0.2) is 20.4 Å². The summed E-state index contributed by atoms with van der Waals surface area (Å²) in [7, 11) is 0. The van der Waals surface area contributed by atoms with Gasteiger partial charge in [0.15, 0.2) is 0 Å². The van der Waals surface area contributed by atoms with Crippen LogP contribution in [0.25, 0.3) is 10.8 Å². The smallest absolute Gasteiger partial charge is 0.331 e. The molecule has 7 heteroatoms. The molecule has 0 unspecified atom stereocenters. The standard InChI is InChI=1S/C24H22N4O3/c1-2-19(26-27-20-14-8-12-17-11-6-7-13-18(17)20)21-22(29)25-24(31)28(23(21)30)15-16-9-4-3-5-10-16/h3-14,27,30H,2,15H2,1H3,(H,25,29,31)/b26-19+. The van der Waals surface area contributed by atoms with Crippen molar-refractivity contribution >= 4 is 22.2 Å². The van der Waals surface area contributed by atoms with Crippen molar-refractivity contribution in [2.24, 2.45) is 5.10 Å². The van der Waals surface area contributed by atoms with E-state index in [1.165, 1.54) is 0 Å². The second kappa shape index (κ2) is 8.71. The van der Waals surface area contributed by atoms with Crippen LogP contribution in [0.3, 0.4) is 0 Å². The van der Waals surface area contributed by atoms with Crippen LogP contribution in [0, 0.1) is 0 Å². The molecule has 0 radical (unpaired) electrons. The van der Waals surface area contributed by atoms with Crippen LogP contribution in [0.2, 0.25) is 0 Å². The number of aromatic nitrogens is 2. The normalized spacial score (nSPS) is 11.6. The van der Waals surface area contributed by atoms with E-state index in [-0.39, 0.29) is 12.1 Å². The summed E-state index contributed by atoms with van der Waals surface area (Å²) >= 11 is 0. The number of rotatable bonds is 6. The molecule has 31 heavy (non-hydrogen) atoms. The van der Waals surface area contributed by atoms with Crippen molar-refractivity contribution in [1.82, 2.24) is 9.55 Å². The Morgan fingerprint density at radius 1 is 1.00 bits per heavy atom. The number of H-pyrrole nitrogens is 1. The predicted molar refractivity (Wildman–Crippen MR) is 123 cm³/mol. The SMILES string of the molecule is CC/C(=N\Nc1cccc2ccccc12)c1c(O)n(Cc2ccccc2)c(=O)[nH]c1=O. The van der Waals surface area contributed by atoms with Gasteiger partial charge in [-0.2, -0.15) is 5.10 Å². The molecule has 0 amide bonds. The Morgan fingerprint density at radius 3 is 2.48 bits per heavy atom. The fourth-order valence-electron chi connectivity index (χ4n) is 3.49. The average molecular weight is 414 g/mol. The first-order valence-electron chi connectivity index (χ1n) is 9.99. The van der Waals surface area contributed by atoms with Crippen LogP contribution >= 0.6 is 0 Å². The number of hydrazone groups is 1. The highest BCUT2D eigenvalue weighted by atomic mass is 16.3. The molecule has 7 nitrogen and oxygen atoms in total. The summed E-state index contributed by atoms with van der Waals surface area (Å²) in [4.78, 5) is 27.2. The summed E-state index contributed by atoms with van der Waals surface area (Å²) in [6, 6.07) is 22.9. The van der Waals surface area contributed by atoms with Gasteiger partial charge in [-0.3, -0.25) is 19.8 Å². The van der Waals surface area contributed by atoms with Crippen molar-refractivity contribution in [3.8, 4) is 5.88 Å². The second-order valence-electron chi connectivity index (χ2n) is 7.08. The minimum absolute atomic E-state index is 0.0224. The van der Waals surface area contributed by atoms with Gasteiger partial charge in [-0.1, -0.05) is 73.7 Å². The van der Waals surface area contributed by atoms with E-state index in [9.17, 15) is 14.7 Å². The second-order valence-corrected chi connectivity index (χ2v) is 7.08. The number of nitrogens with one attached hydrogen (secondary N) is 2. The van der Waals surface area contributed by atoms with E-state index in [1.54, 1.807) is 0 Å². The summed E-state index contributed by atoms with van der Waals surface area (Å²) < 4.78 is 1.13. The summed E-state index contributed by atoms with van der Waals surface area (Å²) in [6.07, 6.45) is 0.373. The fourth-order valence-corrected chi connectivity index (χ4v) is 3.49. The van der Waals surface area contributed by atoms with Gasteiger partial charge in [-0.05, 0) is 23.4 Å². The van der Waals surface area contributed by atoms with E-state index in [4.69, 9.17) is 0 Å². The van der Waals surface area contributed by atoms with Gasteiger partial charge in [-0.25, -0.2) is 4.79 Å². The first-order chi connectivity index (χ1) is 15.1. The molecule has 0 atom stereocenters. The molecule has 3 aromatic carbocycles.